The fourth-order valence-electron chi connectivity index (χ4n) is 11.7. The molecule has 0 atom stereocenters. The maximum Gasteiger partial charge on any atom is 0.0725 e. The van der Waals surface area contributed by atoms with Crippen LogP contribution < -0.4 is 4.90 Å². The van der Waals surface area contributed by atoms with Gasteiger partial charge in [-0.15, -0.1) is 0 Å². The average Bonchev–Trinajstić information content (AvgIpc) is 3.92. The predicted molar refractivity (Wildman–Crippen MR) is 252 cm³/mol. The average molecular weight is 768 g/mol. The molecule has 1 heteroatoms. The highest BCUT2D eigenvalue weighted by atomic mass is 15.1. The monoisotopic (exact) mass is 767 g/mol. The van der Waals surface area contributed by atoms with Gasteiger partial charge in [-0.25, -0.2) is 0 Å². The van der Waals surface area contributed by atoms with E-state index in [2.05, 4.69) is 233 Å². The van der Waals surface area contributed by atoms with Crippen molar-refractivity contribution >= 4 is 40.4 Å². The summed E-state index contributed by atoms with van der Waals surface area (Å²) >= 11 is 0. The molecule has 0 aliphatic heterocycles. The molecule has 0 unspecified atom stereocenters. The molecule has 286 valence electrons. The molecule has 0 radical (unpaired) electrons. The van der Waals surface area contributed by atoms with Crippen molar-refractivity contribution in [3.63, 3.8) is 0 Å². The van der Waals surface area contributed by atoms with E-state index in [0.717, 1.165) is 17.1 Å². The second kappa shape index (κ2) is 12.5. The largest absolute Gasteiger partial charge is 0.310 e. The first kappa shape index (κ1) is 35.0. The van der Waals surface area contributed by atoms with E-state index in [-0.39, 0.29) is 16.2 Å². The molecule has 8 aromatic carbocycles. The highest BCUT2D eigenvalue weighted by molar-refractivity contribution is 6.09. The van der Waals surface area contributed by atoms with Crippen LogP contribution in [0.3, 0.4) is 0 Å². The molecule has 4 aliphatic rings. The fraction of sp³-hybridized carbons (Fsp3) is 0.119. The number of hydrogen-bond acceptors (Lipinski definition) is 1. The van der Waals surface area contributed by atoms with Crippen molar-refractivity contribution in [2.45, 2.75) is 43.9 Å². The van der Waals surface area contributed by atoms with E-state index in [1.54, 1.807) is 0 Å². The lowest BCUT2D eigenvalue weighted by atomic mass is 9.70. The van der Waals surface area contributed by atoms with Crippen LogP contribution in [-0.2, 0) is 16.2 Å². The van der Waals surface area contributed by atoms with Crippen molar-refractivity contribution in [3.8, 4) is 22.3 Å². The van der Waals surface area contributed by atoms with Crippen molar-refractivity contribution in [3.05, 3.63) is 244 Å². The molecule has 8 aromatic rings. The van der Waals surface area contributed by atoms with Gasteiger partial charge in [-0.05, 0) is 125 Å². The molecule has 0 saturated carbocycles. The zero-order valence-corrected chi connectivity index (χ0v) is 34.5. The SMILES string of the molecule is CC1(C)C2=C(c3ccccc31)C(C)(C)c1cc(C=Cc3ccc(N(c4ccccc4)c4ccc5c(c4)-c4ccccc4C54c5ccccc5-c5ccccc54)cc3)ccc12. The maximum atomic E-state index is 2.42. The Kier molecular flexibility index (Phi) is 7.31. The topological polar surface area (TPSA) is 3.24 Å². The van der Waals surface area contributed by atoms with E-state index in [0.29, 0.717) is 0 Å². The van der Waals surface area contributed by atoms with Crippen LogP contribution in [0.1, 0.15) is 83.3 Å². The Hall–Kier alpha value is -6.96. The van der Waals surface area contributed by atoms with Gasteiger partial charge in [0, 0.05) is 27.9 Å². The highest BCUT2D eigenvalue weighted by Gasteiger charge is 2.52. The minimum Gasteiger partial charge on any atom is -0.310 e. The quantitative estimate of drug-likeness (QED) is 0.158. The minimum absolute atomic E-state index is 0.0118. The summed E-state index contributed by atoms with van der Waals surface area (Å²) in [6.45, 7) is 9.59. The van der Waals surface area contributed by atoms with E-state index in [4.69, 9.17) is 0 Å². The number of allylic oxidation sites excluding steroid dienone is 2. The first-order valence-electron chi connectivity index (χ1n) is 21.3. The van der Waals surface area contributed by atoms with E-state index in [1.165, 1.54) is 89.0 Å². The second-order valence-corrected chi connectivity index (χ2v) is 18.1. The van der Waals surface area contributed by atoms with E-state index >= 15 is 0 Å². The Balaban J connectivity index is 0.903. The van der Waals surface area contributed by atoms with Crippen LogP contribution in [0.4, 0.5) is 17.1 Å². The fourth-order valence-corrected chi connectivity index (χ4v) is 11.7. The number of anilines is 3. The lowest BCUT2D eigenvalue weighted by Gasteiger charge is -2.31. The van der Waals surface area contributed by atoms with Crippen LogP contribution in [0.25, 0.3) is 45.6 Å². The van der Waals surface area contributed by atoms with Gasteiger partial charge < -0.3 is 4.90 Å². The van der Waals surface area contributed by atoms with Crippen LogP contribution in [0.2, 0.25) is 0 Å². The predicted octanol–water partition coefficient (Wildman–Crippen LogP) is 15.2. The first-order chi connectivity index (χ1) is 29.3. The molecule has 0 heterocycles. The number of fused-ring (bicyclic) bond motifs is 14. The van der Waals surface area contributed by atoms with Gasteiger partial charge in [-0.1, -0.05) is 192 Å². The van der Waals surface area contributed by atoms with Gasteiger partial charge in [0.1, 0.15) is 0 Å². The van der Waals surface area contributed by atoms with Crippen LogP contribution in [0.15, 0.2) is 188 Å². The van der Waals surface area contributed by atoms with Crippen molar-refractivity contribution < 1.29 is 0 Å². The first-order valence-corrected chi connectivity index (χ1v) is 21.3. The molecular weight excluding hydrogens is 723 g/mol. The third-order valence-corrected chi connectivity index (χ3v) is 14.2. The Morgan fingerprint density at radius 3 is 1.38 bits per heavy atom. The van der Waals surface area contributed by atoms with E-state index < -0.39 is 0 Å². The summed E-state index contributed by atoms with van der Waals surface area (Å²) in [7, 11) is 0. The zero-order valence-electron chi connectivity index (χ0n) is 34.5. The second-order valence-electron chi connectivity index (χ2n) is 18.1. The summed E-state index contributed by atoms with van der Waals surface area (Å²) in [5.74, 6) is 0. The Bertz CT molecular complexity index is 3090. The van der Waals surface area contributed by atoms with Crippen molar-refractivity contribution in [1.29, 1.82) is 0 Å². The lowest BCUT2D eigenvalue weighted by Crippen LogP contribution is -2.25. The van der Waals surface area contributed by atoms with Gasteiger partial charge in [0.2, 0.25) is 0 Å². The Morgan fingerprint density at radius 1 is 0.317 bits per heavy atom. The number of rotatable bonds is 5. The van der Waals surface area contributed by atoms with E-state index in [1.807, 2.05) is 0 Å². The van der Waals surface area contributed by atoms with Gasteiger partial charge in [0.15, 0.2) is 0 Å². The number of hydrogen-bond donors (Lipinski definition) is 0. The van der Waals surface area contributed by atoms with Crippen molar-refractivity contribution in [2.75, 3.05) is 4.90 Å². The summed E-state index contributed by atoms with van der Waals surface area (Å²) in [4.78, 5) is 2.40. The molecule has 60 heavy (non-hydrogen) atoms. The molecular formula is C59H45N. The molecule has 0 fully saturated rings. The molecule has 12 rings (SSSR count). The van der Waals surface area contributed by atoms with Crippen molar-refractivity contribution in [2.24, 2.45) is 0 Å². The Labute approximate surface area is 353 Å². The molecule has 1 nitrogen and oxygen atoms in total. The summed E-state index contributed by atoms with van der Waals surface area (Å²) in [5, 5.41) is 0. The van der Waals surface area contributed by atoms with Gasteiger partial charge in [-0.2, -0.15) is 0 Å². The summed E-state index contributed by atoms with van der Waals surface area (Å²) in [5.41, 5.74) is 24.8. The maximum absolute atomic E-state index is 2.42. The van der Waals surface area contributed by atoms with Crippen LogP contribution in [0, 0.1) is 0 Å². The molecule has 0 amide bonds. The van der Waals surface area contributed by atoms with Gasteiger partial charge in [0.25, 0.3) is 0 Å². The summed E-state index contributed by atoms with van der Waals surface area (Å²) in [6, 6.07) is 70.1. The highest BCUT2D eigenvalue weighted by Crippen LogP contribution is 2.64. The van der Waals surface area contributed by atoms with Crippen LogP contribution in [0.5, 0.6) is 0 Å². The molecule has 0 aromatic heterocycles. The van der Waals surface area contributed by atoms with Gasteiger partial charge in [0.05, 0.1) is 5.41 Å². The number of benzene rings is 8. The molecule has 4 aliphatic carbocycles. The molecule has 1 spiro atoms. The summed E-state index contributed by atoms with van der Waals surface area (Å²) in [6.07, 6.45) is 4.53. The number of para-hydroxylation sites is 1. The minimum atomic E-state index is -0.351. The van der Waals surface area contributed by atoms with Gasteiger partial charge >= 0.3 is 0 Å². The molecule has 0 bridgehead atoms. The molecule has 0 N–H and O–H groups in total. The lowest BCUT2D eigenvalue weighted by molar-refractivity contribution is 0.694. The standard InChI is InChI=1S/C59H45N/c1-57(2)49-22-12-11-21-46(49)55-56(57)47-34-30-39(36-54(47)58(55,3)4)27-26-38-28-31-41(32-29-38)60(40-16-6-5-7-17-40)42-33-35-53-48(37-42)45-20-10-15-25-52(45)59(53)50-23-13-8-18-43(50)44-19-9-14-24-51(44)59/h5-37H,1-4H3. The third kappa shape index (κ3) is 4.64. The third-order valence-electron chi connectivity index (χ3n) is 14.2. The van der Waals surface area contributed by atoms with Gasteiger partial charge in [-0.3, -0.25) is 0 Å². The smallest absolute Gasteiger partial charge is 0.0725 e. The summed E-state index contributed by atoms with van der Waals surface area (Å²) < 4.78 is 0. The normalized spacial score (nSPS) is 16.3. The van der Waals surface area contributed by atoms with Crippen molar-refractivity contribution in [1.82, 2.24) is 0 Å². The van der Waals surface area contributed by atoms with E-state index in [9.17, 15) is 0 Å². The molecule has 0 saturated heterocycles. The number of nitrogens with zero attached hydrogens (tertiary/aromatic N) is 1. The van der Waals surface area contributed by atoms with Crippen LogP contribution >= 0.6 is 0 Å². The van der Waals surface area contributed by atoms with Crippen LogP contribution in [-0.4, -0.2) is 0 Å². The Morgan fingerprint density at radius 2 is 0.750 bits per heavy atom. The zero-order chi connectivity index (χ0) is 40.4.